The van der Waals surface area contributed by atoms with Crippen LogP contribution in [0.1, 0.15) is 34.3 Å². The summed E-state index contributed by atoms with van der Waals surface area (Å²) in [6.07, 6.45) is 6.30. The number of thioether (sulfide) groups is 1. The zero-order chi connectivity index (χ0) is 19.6. The molecule has 3 nitrogen and oxygen atoms in total. The van der Waals surface area contributed by atoms with Crippen LogP contribution in [0.3, 0.4) is 0 Å². The second-order valence-electron chi connectivity index (χ2n) is 7.28. The van der Waals surface area contributed by atoms with E-state index in [4.69, 9.17) is 0 Å². The number of aryl methyl sites for hydroxylation is 2. The third-order valence-electron chi connectivity index (χ3n) is 5.36. The minimum absolute atomic E-state index is 0.161. The quantitative estimate of drug-likeness (QED) is 0.220. The predicted molar refractivity (Wildman–Crippen MR) is 121 cm³/mol. The topological polar surface area (TPSA) is 42.9 Å². The fourth-order valence-corrected chi connectivity index (χ4v) is 5.75. The Kier molecular flexibility index (Phi) is 5.17. The average molecular weight is 417 g/mol. The summed E-state index contributed by atoms with van der Waals surface area (Å²) in [5.74, 6) is 0.551. The molecule has 5 heteroatoms. The molecular weight excluding hydrogens is 396 g/mol. The average Bonchev–Trinajstić information content (AvgIpc) is 3.23. The number of aromatic nitrogens is 2. The van der Waals surface area contributed by atoms with Crippen molar-refractivity contribution >= 4 is 39.1 Å². The first-order chi connectivity index (χ1) is 14.3. The Bertz CT molecular complexity index is 1180. The van der Waals surface area contributed by atoms with E-state index in [0.29, 0.717) is 5.75 Å². The molecular formula is C24H20N2OS2. The van der Waals surface area contributed by atoms with Gasteiger partial charge in [0, 0.05) is 15.8 Å². The maximum atomic E-state index is 12.8. The number of carbonyl (C=O) groups is 1. The first-order valence-electron chi connectivity index (χ1n) is 9.86. The van der Waals surface area contributed by atoms with Crippen LogP contribution in [0, 0.1) is 0 Å². The van der Waals surface area contributed by atoms with Crippen molar-refractivity contribution in [1.29, 1.82) is 0 Å². The van der Waals surface area contributed by atoms with Gasteiger partial charge in [-0.05, 0) is 54.5 Å². The van der Waals surface area contributed by atoms with Crippen LogP contribution in [0.15, 0.2) is 66.0 Å². The van der Waals surface area contributed by atoms with Crippen molar-refractivity contribution in [1.82, 2.24) is 9.97 Å². The van der Waals surface area contributed by atoms with Crippen LogP contribution in [-0.2, 0) is 12.8 Å². The lowest BCUT2D eigenvalue weighted by atomic mass is 9.90. The second-order valence-corrected chi connectivity index (χ2v) is 9.27. The largest absolute Gasteiger partial charge is 0.293 e. The molecule has 0 fully saturated rings. The number of nitrogens with zero attached hydrogens (tertiary/aromatic N) is 2. The molecule has 2 heterocycles. The van der Waals surface area contributed by atoms with Crippen molar-refractivity contribution in [2.45, 2.75) is 30.7 Å². The predicted octanol–water partition coefficient (Wildman–Crippen LogP) is 6.21. The van der Waals surface area contributed by atoms with Gasteiger partial charge in [-0.3, -0.25) is 4.79 Å². The number of rotatable bonds is 5. The monoisotopic (exact) mass is 416 g/mol. The van der Waals surface area contributed by atoms with Crippen LogP contribution in [0.25, 0.3) is 20.7 Å². The number of hydrogen-bond donors (Lipinski definition) is 0. The minimum Gasteiger partial charge on any atom is -0.293 e. The van der Waals surface area contributed by atoms with Gasteiger partial charge in [0.15, 0.2) is 5.78 Å². The molecule has 144 valence electrons. The molecule has 0 spiro atoms. The summed E-state index contributed by atoms with van der Waals surface area (Å²) >= 11 is 3.17. The highest BCUT2D eigenvalue weighted by Crippen LogP contribution is 2.36. The van der Waals surface area contributed by atoms with Gasteiger partial charge in [-0.15, -0.1) is 11.3 Å². The van der Waals surface area contributed by atoms with Crippen LogP contribution < -0.4 is 0 Å². The molecule has 4 aromatic rings. The molecule has 5 rings (SSSR count). The molecule has 1 aliphatic rings. The molecule has 0 N–H and O–H groups in total. The van der Waals surface area contributed by atoms with Gasteiger partial charge in [-0.1, -0.05) is 54.2 Å². The van der Waals surface area contributed by atoms with Crippen LogP contribution in [0.2, 0.25) is 0 Å². The Hall–Kier alpha value is -2.50. The molecule has 0 bridgehead atoms. The van der Waals surface area contributed by atoms with Crippen LogP contribution >= 0.6 is 23.1 Å². The van der Waals surface area contributed by atoms with E-state index in [2.05, 4.69) is 40.3 Å². The number of benzene rings is 2. The van der Waals surface area contributed by atoms with Gasteiger partial charge < -0.3 is 0 Å². The SMILES string of the molecule is O=C(CSc1ncnc2sc(-c3ccccc3)cc12)c1ccc2c(c1)CCCC2. The highest BCUT2D eigenvalue weighted by atomic mass is 32.2. The lowest BCUT2D eigenvalue weighted by Gasteiger charge is -2.16. The summed E-state index contributed by atoms with van der Waals surface area (Å²) in [7, 11) is 0. The summed E-state index contributed by atoms with van der Waals surface area (Å²) in [5, 5.41) is 1.90. The molecule has 0 atom stereocenters. The Morgan fingerprint density at radius 1 is 0.966 bits per heavy atom. The van der Waals surface area contributed by atoms with E-state index in [-0.39, 0.29) is 5.78 Å². The summed E-state index contributed by atoms with van der Waals surface area (Å²) in [4.78, 5) is 23.8. The number of thiophene rings is 1. The standard InChI is InChI=1S/C24H20N2OS2/c27-21(19-11-10-16-6-4-5-9-18(16)12-19)14-28-23-20-13-22(17-7-2-1-3-8-17)29-24(20)26-15-25-23/h1-3,7-8,10-13,15H,4-6,9,14H2. The fourth-order valence-electron chi connectivity index (χ4n) is 3.82. The van der Waals surface area contributed by atoms with Crippen molar-refractivity contribution in [3.05, 3.63) is 77.6 Å². The lowest BCUT2D eigenvalue weighted by molar-refractivity contribution is 0.102. The zero-order valence-electron chi connectivity index (χ0n) is 15.9. The van der Waals surface area contributed by atoms with Gasteiger partial charge >= 0.3 is 0 Å². The molecule has 1 aliphatic carbocycles. The van der Waals surface area contributed by atoms with Crippen molar-refractivity contribution < 1.29 is 4.79 Å². The van der Waals surface area contributed by atoms with Crippen LogP contribution in [0.5, 0.6) is 0 Å². The number of Topliss-reactive ketones (excluding diaryl/α,β-unsaturated/α-hetero) is 1. The maximum Gasteiger partial charge on any atom is 0.173 e. The third kappa shape index (κ3) is 3.85. The summed E-state index contributed by atoms with van der Waals surface area (Å²) in [6, 6.07) is 18.7. The number of ketones is 1. The first-order valence-corrected chi connectivity index (χ1v) is 11.7. The third-order valence-corrected chi connectivity index (χ3v) is 7.46. The number of fused-ring (bicyclic) bond motifs is 2. The first kappa shape index (κ1) is 18.5. The van der Waals surface area contributed by atoms with Gasteiger partial charge in [0.2, 0.25) is 0 Å². The smallest absolute Gasteiger partial charge is 0.173 e. The van der Waals surface area contributed by atoms with E-state index in [1.165, 1.54) is 46.2 Å². The van der Waals surface area contributed by atoms with Crippen molar-refractivity contribution in [3.8, 4) is 10.4 Å². The van der Waals surface area contributed by atoms with Gasteiger partial charge in [0.25, 0.3) is 0 Å². The van der Waals surface area contributed by atoms with Crippen molar-refractivity contribution in [2.75, 3.05) is 5.75 Å². The molecule has 29 heavy (non-hydrogen) atoms. The summed E-state index contributed by atoms with van der Waals surface area (Å²) in [5.41, 5.74) is 4.75. The Labute approximate surface area is 178 Å². The summed E-state index contributed by atoms with van der Waals surface area (Å²) in [6.45, 7) is 0. The molecule has 0 radical (unpaired) electrons. The van der Waals surface area contributed by atoms with E-state index < -0.39 is 0 Å². The van der Waals surface area contributed by atoms with Crippen LogP contribution in [0.4, 0.5) is 0 Å². The van der Waals surface area contributed by atoms with Crippen LogP contribution in [-0.4, -0.2) is 21.5 Å². The Balaban J connectivity index is 1.36. The number of hydrogen-bond acceptors (Lipinski definition) is 5. The minimum atomic E-state index is 0.161. The molecule has 0 unspecified atom stereocenters. The molecule has 0 saturated heterocycles. The Morgan fingerprint density at radius 3 is 2.66 bits per heavy atom. The number of carbonyl (C=O) groups excluding carboxylic acids is 1. The summed E-state index contributed by atoms with van der Waals surface area (Å²) < 4.78 is 0. The molecule has 0 aliphatic heterocycles. The van der Waals surface area contributed by atoms with Crippen molar-refractivity contribution in [2.24, 2.45) is 0 Å². The molecule has 2 aromatic heterocycles. The molecule has 2 aromatic carbocycles. The normalized spacial score (nSPS) is 13.4. The van der Waals surface area contributed by atoms with Gasteiger partial charge in [0.1, 0.15) is 16.2 Å². The highest BCUT2D eigenvalue weighted by molar-refractivity contribution is 8.00. The van der Waals surface area contributed by atoms with E-state index in [1.807, 2.05) is 24.3 Å². The maximum absolute atomic E-state index is 12.8. The lowest BCUT2D eigenvalue weighted by Crippen LogP contribution is -2.07. The van der Waals surface area contributed by atoms with Crippen molar-refractivity contribution in [3.63, 3.8) is 0 Å². The van der Waals surface area contributed by atoms with Gasteiger partial charge in [-0.25, -0.2) is 9.97 Å². The molecule has 0 amide bonds. The zero-order valence-corrected chi connectivity index (χ0v) is 17.6. The molecule has 0 saturated carbocycles. The second kappa shape index (κ2) is 8.09. The van der Waals surface area contributed by atoms with E-state index in [9.17, 15) is 4.79 Å². The van der Waals surface area contributed by atoms with Gasteiger partial charge in [-0.2, -0.15) is 0 Å². The van der Waals surface area contributed by atoms with Gasteiger partial charge in [0.05, 0.1) is 5.75 Å². The van der Waals surface area contributed by atoms with E-state index in [0.717, 1.165) is 33.6 Å². The van der Waals surface area contributed by atoms with E-state index >= 15 is 0 Å². The fraction of sp³-hybridized carbons (Fsp3) is 0.208. The highest BCUT2D eigenvalue weighted by Gasteiger charge is 2.15. The Morgan fingerprint density at radius 2 is 1.79 bits per heavy atom. The van der Waals surface area contributed by atoms with E-state index in [1.54, 1.807) is 17.7 Å².